The predicted molar refractivity (Wildman–Crippen MR) is 89.9 cm³/mol. The summed E-state index contributed by atoms with van der Waals surface area (Å²) in [5, 5.41) is 0. The molecule has 0 saturated carbocycles. The van der Waals surface area contributed by atoms with E-state index in [0.29, 0.717) is 5.88 Å². The van der Waals surface area contributed by atoms with Crippen molar-refractivity contribution >= 4 is 0 Å². The largest absolute Gasteiger partial charge is 0.481 e. The van der Waals surface area contributed by atoms with Gasteiger partial charge < -0.3 is 4.74 Å². The fraction of sp³-hybridized carbons (Fsp3) is 0.150. The number of aromatic nitrogens is 1. The molecule has 0 bridgehead atoms. The first kappa shape index (κ1) is 14.3. The molecule has 0 aliphatic heterocycles. The maximum atomic E-state index is 5.52. The van der Waals surface area contributed by atoms with Gasteiger partial charge in [-0.05, 0) is 23.1 Å². The van der Waals surface area contributed by atoms with Gasteiger partial charge in [0, 0.05) is 5.56 Å². The SMILES string of the molecule is CCc1[c]nc(OC)c(-c2ccccc2)c1-c1ccccc1. The minimum absolute atomic E-state index is 0.613. The number of hydrogen-bond donors (Lipinski definition) is 0. The summed E-state index contributed by atoms with van der Waals surface area (Å²) in [6, 6.07) is 20.6. The zero-order valence-corrected chi connectivity index (χ0v) is 12.8. The van der Waals surface area contributed by atoms with Crippen molar-refractivity contribution in [1.82, 2.24) is 4.98 Å². The normalized spacial score (nSPS) is 10.5. The van der Waals surface area contributed by atoms with E-state index in [2.05, 4.69) is 54.5 Å². The summed E-state index contributed by atoms with van der Waals surface area (Å²) in [7, 11) is 1.66. The molecule has 0 N–H and O–H groups in total. The third-order valence-corrected chi connectivity index (χ3v) is 3.73. The van der Waals surface area contributed by atoms with Crippen molar-refractivity contribution in [2.75, 3.05) is 7.11 Å². The van der Waals surface area contributed by atoms with Gasteiger partial charge in [0.15, 0.2) is 0 Å². The molecule has 109 valence electrons. The van der Waals surface area contributed by atoms with Crippen molar-refractivity contribution < 1.29 is 4.74 Å². The highest BCUT2D eigenvalue weighted by atomic mass is 16.5. The van der Waals surface area contributed by atoms with E-state index in [9.17, 15) is 0 Å². The molecule has 22 heavy (non-hydrogen) atoms. The molecule has 0 aliphatic carbocycles. The molecule has 1 heterocycles. The zero-order valence-electron chi connectivity index (χ0n) is 12.8. The number of pyridine rings is 1. The van der Waals surface area contributed by atoms with Gasteiger partial charge in [0.05, 0.1) is 18.9 Å². The third kappa shape index (κ3) is 2.60. The molecule has 2 nitrogen and oxygen atoms in total. The van der Waals surface area contributed by atoms with Crippen molar-refractivity contribution in [2.24, 2.45) is 0 Å². The highest BCUT2D eigenvalue weighted by Crippen LogP contribution is 2.39. The Morgan fingerprint density at radius 2 is 1.41 bits per heavy atom. The average Bonchev–Trinajstić information content (AvgIpc) is 2.61. The Kier molecular flexibility index (Phi) is 4.19. The van der Waals surface area contributed by atoms with Crippen molar-refractivity contribution in [3.8, 4) is 28.1 Å². The Morgan fingerprint density at radius 3 is 1.91 bits per heavy atom. The van der Waals surface area contributed by atoms with Crippen LogP contribution in [-0.4, -0.2) is 12.1 Å². The van der Waals surface area contributed by atoms with Crippen LogP contribution in [0.1, 0.15) is 12.5 Å². The Morgan fingerprint density at radius 1 is 0.864 bits per heavy atom. The van der Waals surface area contributed by atoms with Crippen molar-refractivity contribution in [2.45, 2.75) is 13.3 Å². The van der Waals surface area contributed by atoms with Gasteiger partial charge in [0.25, 0.3) is 0 Å². The molecule has 1 radical (unpaired) electrons. The maximum Gasteiger partial charge on any atom is 0.222 e. The number of nitrogens with zero attached hydrogens (tertiary/aromatic N) is 1. The predicted octanol–water partition coefficient (Wildman–Crippen LogP) is 4.79. The van der Waals surface area contributed by atoms with Crippen LogP contribution in [0.15, 0.2) is 60.7 Å². The molecule has 0 fully saturated rings. The van der Waals surface area contributed by atoms with Crippen LogP contribution in [0.2, 0.25) is 0 Å². The fourth-order valence-corrected chi connectivity index (χ4v) is 2.69. The number of rotatable bonds is 4. The van der Waals surface area contributed by atoms with Gasteiger partial charge in [-0.1, -0.05) is 67.6 Å². The fourth-order valence-electron chi connectivity index (χ4n) is 2.69. The first-order valence-electron chi connectivity index (χ1n) is 7.44. The lowest BCUT2D eigenvalue weighted by molar-refractivity contribution is 0.399. The van der Waals surface area contributed by atoms with Gasteiger partial charge in [0.2, 0.25) is 5.88 Å². The van der Waals surface area contributed by atoms with Crippen LogP contribution in [0, 0.1) is 6.20 Å². The van der Waals surface area contributed by atoms with Crippen LogP contribution in [0.3, 0.4) is 0 Å². The third-order valence-electron chi connectivity index (χ3n) is 3.73. The van der Waals surface area contributed by atoms with Crippen LogP contribution in [-0.2, 0) is 6.42 Å². The Hall–Kier alpha value is -2.61. The zero-order chi connectivity index (χ0) is 15.4. The van der Waals surface area contributed by atoms with E-state index in [0.717, 1.165) is 34.2 Å². The summed E-state index contributed by atoms with van der Waals surface area (Å²) >= 11 is 0. The van der Waals surface area contributed by atoms with E-state index in [1.54, 1.807) is 7.11 Å². The Labute approximate surface area is 131 Å². The molecule has 0 unspecified atom stereocenters. The minimum atomic E-state index is 0.613. The molecule has 2 heteroatoms. The number of ether oxygens (including phenoxy) is 1. The smallest absolute Gasteiger partial charge is 0.222 e. The Bertz CT molecular complexity index is 685. The van der Waals surface area contributed by atoms with Gasteiger partial charge in [-0.15, -0.1) is 0 Å². The van der Waals surface area contributed by atoms with Crippen LogP contribution in [0.25, 0.3) is 22.3 Å². The molecule has 0 amide bonds. The number of hydrogen-bond acceptors (Lipinski definition) is 2. The molecule has 3 rings (SSSR count). The lowest BCUT2D eigenvalue weighted by Crippen LogP contribution is -1.99. The molecule has 0 atom stereocenters. The van der Waals surface area contributed by atoms with Crippen LogP contribution in [0.5, 0.6) is 5.88 Å². The summed E-state index contributed by atoms with van der Waals surface area (Å²) < 4.78 is 5.52. The van der Waals surface area contributed by atoms with E-state index in [1.807, 2.05) is 24.3 Å². The minimum Gasteiger partial charge on any atom is -0.481 e. The van der Waals surface area contributed by atoms with E-state index in [-0.39, 0.29) is 0 Å². The summed E-state index contributed by atoms with van der Waals surface area (Å²) in [4.78, 5) is 4.38. The molecule has 3 aromatic rings. The highest BCUT2D eigenvalue weighted by molar-refractivity contribution is 5.88. The number of methoxy groups -OCH3 is 1. The van der Waals surface area contributed by atoms with Crippen LogP contribution >= 0.6 is 0 Å². The highest BCUT2D eigenvalue weighted by Gasteiger charge is 2.18. The summed E-state index contributed by atoms with van der Waals surface area (Å²) in [6.45, 7) is 2.13. The quantitative estimate of drug-likeness (QED) is 0.689. The summed E-state index contributed by atoms with van der Waals surface area (Å²) in [5.41, 5.74) is 5.56. The first-order chi connectivity index (χ1) is 10.8. The van der Waals surface area contributed by atoms with Crippen LogP contribution < -0.4 is 4.74 Å². The van der Waals surface area contributed by atoms with Crippen molar-refractivity contribution in [1.29, 1.82) is 0 Å². The van der Waals surface area contributed by atoms with E-state index in [1.165, 1.54) is 0 Å². The Balaban J connectivity index is 2.35. The van der Waals surface area contributed by atoms with Gasteiger partial charge >= 0.3 is 0 Å². The van der Waals surface area contributed by atoms with Gasteiger partial charge in [-0.2, -0.15) is 0 Å². The summed E-state index contributed by atoms with van der Waals surface area (Å²) in [5.74, 6) is 0.613. The number of aryl methyl sites for hydroxylation is 1. The molecule has 2 aromatic carbocycles. The maximum absolute atomic E-state index is 5.52. The second-order valence-electron chi connectivity index (χ2n) is 5.05. The van der Waals surface area contributed by atoms with Crippen molar-refractivity contribution in [3.05, 3.63) is 72.4 Å². The topological polar surface area (TPSA) is 22.1 Å². The first-order valence-corrected chi connectivity index (χ1v) is 7.44. The van der Waals surface area contributed by atoms with E-state index < -0.39 is 0 Å². The monoisotopic (exact) mass is 288 g/mol. The average molecular weight is 288 g/mol. The second-order valence-corrected chi connectivity index (χ2v) is 5.05. The second kappa shape index (κ2) is 6.44. The van der Waals surface area contributed by atoms with E-state index in [4.69, 9.17) is 4.74 Å². The number of benzene rings is 2. The summed E-state index contributed by atoms with van der Waals surface area (Å²) in [6.07, 6.45) is 4.02. The molecule has 0 spiro atoms. The standard InChI is InChI=1S/C20H18NO/c1-3-15-14-21-20(22-2)19(17-12-8-5-9-13-17)18(15)16-10-6-4-7-11-16/h4-13H,3H2,1-2H3. The van der Waals surface area contributed by atoms with E-state index >= 15 is 0 Å². The molecular formula is C20H18NO. The van der Waals surface area contributed by atoms with Gasteiger partial charge in [-0.3, -0.25) is 0 Å². The van der Waals surface area contributed by atoms with Crippen LogP contribution in [0.4, 0.5) is 0 Å². The molecule has 0 saturated heterocycles. The van der Waals surface area contributed by atoms with Gasteiger partial charge in [-0.25, -0.2) is 4.98 Å². The lowest BCUT2D eigenvalue weighted by atomic mass is 9.91. The lowest BCUT2D eigenvalue weighted by Gasteiger charge is -2.17. The molecule has 1 aromatic heterocycles. The molecular weight excluding hydrogens is 270 g/mol. The van der Waals surface area contributed by atoms with Crippen molar-refractivity contribution in [3.63, 3.8) is 0 Å². The van der Waals surface area contributed by atoms with Gasteiger partial charge in [0.1, 0.15) is 0 Å². The molecule has 0 aliphatic rings.